The molecule has 0 saturated heterocycles. The maximum atomic E-state index is 2.55. The highest BCUT2D eigenvalue weighted by Gasteiger charge is 2.25. The summed E-state index contributed by atoms with van der Waals surface area (Å²) in [6.07, 6.45) is 12.9. The molecule has 0 saturated carbocycles. The fourth-order valence-electron chi connectivity index (χ4n) is 3.22. The summed E-state index contributed by atoms with van der Waals surface area (Å²) in [5.41, 5.74) is 4.33. The van der Waals surface area contributed by atoms with E-state index < -0.39 is 8.07 Å². The zero-order chi connectivity index (χ0) is 16.6. The summed E-state index contributed by atoms with van der Waals surface area (Å²) in [5, 5.41) is 1.65. The van der Waals surface area contributed by atoms with Crippen molar-refractivity contribution in [1.29, 1.82) is 0 Å². The van der Waals surface area contributed by atoms with Crippen LogP contribution in [0.2, 0.25) is 19.1 Å². The number of hydrogen-bond donors (Lipinski definition) is 0. The zero-order valence-electron chi connectivity index (χ0n) is 15.8. The summed E-state index contributed by atoms with van der Waals surface area (Å²) in [4.78, 5) is 0. The number of rotatable bonds is 9. The standard InChI is InChI=1S/C21H36Si/c1-7-9-10-11-12-13-15-22(5,6)21-17-19(4)18(3)16-20(21)14-8-2/h8,14,16-17H,7,9-13,15H2,1-6H3/b14-8+. The second-order valence-electron chi connectivity index (χ2n) is 7.43. The van der Waals surface area contributed by atoms with E-state index in [0.717, 1.165) is 0 Å². The fourth-order valence-corrected chi connectivity index (χ4v) is 6.17. The summed E-state index contributed by atoms with van der Waals surface area (Å²) < 4.78 is 0. The Kier molecular flexibility index (Phi) is 8.17. The SMILES string of the molecule is C/C=C/c1cc(C)c(C)cc1[Si](C)(C)CCCCCCCC. The molecule has 0 amide bonds. The summed E-state index contributed by atoms with van der Waals surface area (Å²) in [6, 6.07) is 6.29. The zero-order valence-corrected chi connectivity index (χ0v) is 16.8. The third-order valence-electron chi connectivity index (χ3n) is 4.90. The Balaban J connectivity index is 2.76. The van der Waals surface area contributed by atoms with E-state index in [4.69, 9.17) is 0 Å². The van der Waals surface area contributed by atoms with Crippen LogP contribution in [0, 0.1) is 13.8 Å². The van der Waals surface area contributed by atoms with E-state index >= 15 is 0 Å². The van der Waals surface area contributed by atoms with Gasteiger partial charge in [-0.2, -0.15) is 0 Å². The van der Waals surface area contributed by atoms with E-state index in [9.17, 15) is 0 Å². The summed E-state index contributed by atoms with van der Waals surface area (Å²) in [5.74, 6) is 0. The molecule has 0 N–H and O–H groups in total. The van der Waals surface area contributed by atoms with Gasteiger partial charge < -0.3 is 0 Å². The lowest BCUT2D eigenvalue weighted by Gasteiger charge is -2.26. The van der Waals surface area contributed by atoms with Gasteiger partial charge >= 0.3 is 0 Å². The summed E-state index contributed by atoms with van der Waals surface area (Å²) in [7, 11) is -1.34. The quantitative estimate of drug-likeness (QED) is 0.355. The molecular weight excluding hydrogens is 280 g/mol. The first-order valence-corrected chi connectivity index (χ1v) is 12.4. The van der Waals surface area contributed by atoms with E-state index in [1.165, 1.54) is 61.3 Å². The fraction of sp³-hybridized carbons (Fsp3) is 0.619. The Hall–Kier alpha value is -0.823. The Labute approximate surface area is 140 Å². The van der Waals surface area contributed by atoms with Crippen molar-refractivity contribution in [2.24, 2.45) is 0 Å². The minimum absolute atomic E-state index is 1.34. The largest absolute Gasteiger partial charge is 0.0871 e. The van der Waals surface area contributed by atoms with Gasteiger partial charge in [0.1, 0.15) is 0 Å². The van der Waals surface area contributed by atoms with Gasteiger partial charge in [-0.3, -0.25) is 0 Å². The van der Waals surface area contributed by atoms with Gasteiger partial charge in [0.25, 0.3) is 0 Å². The molecule has 0 fully saturated rings. The van der Waals surface area contributed by atoms with Crippen LogP contribution >= 0.6 is 0 Å². The van der Waals surface area contributed by atoms with Crippen molar-refractivity contribution >= 4 is 19.3 Å². The van der Waals surface area contributed by atoms with Gasteiger partial charge in [0.15, 0.2) is 0 Å². The van der Waals surface area contributed by atoms with Crippen LogP contribution in [0.1, 0.15) is 69.1 Å². The van der Waals surface area contributed by atoms with Crippen molar-refractivity contribution < 1.29 is 0 Å². The highest BCUT2D eigenvalue weighted by molar-refractivity contribution is 6.90. The molecule has 0 aliphatic rings. The molecule has 1 aromatic carbocycles. The average Bonchev–Trinajstić information content (AvgIpc) is 2.46. The molecule has 0 aromatic heterocycles. The number of hydrogen-bond acceptors (Lipinski definition) is 0. The topological polar surface area (TPSA) is 0 Å². The molecule has 0 bridgehead atoms. The highest BCUT2D eigenvalue weighted by Crippen LogP contribution is 2.21. The molecule has 1 rings (SSSR count). The summed E-state index contributed by atoms with van der Waals surface area (Å²) >= 11 is 0. The monoisotopic (exact) mass is 316 g/mol. The second-order valence-corrected chi connectivity index (χ2v) is 12.2. The van der Waals surface area contributed by atoms with Crippen LogP contribution < -0.4 is 5.19 Å². The molecule has 0 unspecified atom stereocenters. The van der Waals surface area contributed by atoms with Gasteiger partial charge in [0, 0.05) is 0 Å². The van der Waals surface area contributed by atoms with Crippen LogP contribution in [0.3, 0.4) is 0 Å². The van der Waals surface area contributed by atoms with Crippen LogP contribution in [0.5, 0.6) is 0 Å². The third kappa shape index (κ3) is 5.76. The highest BCUT2D eigenvalue weighted by atomic mass is 28.3. The Morgan fingerprint density at radius 1 is 0.909 bits per heavy atom. The maximum absolute atomic E-state index is 2.55. The molecule has 1 heteroatoms. The molecule has 0 radical (unpaired) electrons. The lowest BCUT2D eigenvalue weighted by atomic mass is 10.1. The lowest BCUT2D eigenvalue weighted by Crippen LogP contribution is -2.43. The third-order valence-corrected chi connectivity index (χ3v) is 8.39. The smallest absolute Gasteiger partial charge is 0.0814 e. The number of unbranched alkanes of at least 4 members (excludes halogenated alkanes) is 5. The maximum Gasteiger partial charge on any atom is 0.0814 e. The van der Waals surface area contributed by atoms with Gasteiger partial charge in [0.05, 0.1) is 8.07 Å². The molecule has 124 valence electrons. The van der Waals surface area contributed by atoms with Gasteiger partial charge in [-0.15, -0.1) is 0 Å². The van der Waals surface area contributed by atoms with Crippen molar-refractivity contribution in [2.45, 2.75) is 85.4 Å². The van der Waals surface area contributed by atoms with E-state index in [-0.39, 0.29) is 0 Å². The second kappa shape index (κ2) is 9.35. The molecule has 0 spiro atoms. The summed E-state index contributed by atoms with van der Waals surface area (Å²) in [6.45, 7) is 14.0. The van der Waals surface area contributed by atoms with Crippen molar-refractivity contribution in [3.05, 3.63) is 34.9 Å². The van der Waals surface area contributed by atoms with Crippen LogP contribution in [0.25, 0.3) is 6.08 Å². The Morgan fingerprint density at radius 2 is 1.50 bits per heavy atom. The molecule has 0 atom stereocenters. The van der Waals surface area contributed by atoms with E-state index in [2.05, 4.69) is 65.1 Å². The first-order chi connectivity index (χ1) is 10.4. The van der Waals surface area contributed by atoms with Crippen molar-refractivity contribution in [2.75, 3.05) is 0 Å². The average molecular weight is 317 g/mol. The molecule has 1 aromatic rings. The number of benzene rings is 1. The van der Waals surface area contributed by atoms with Crippen LogP contribution in [0.15, 0.2) is 18.2 Å². The molecular formula is C21H36Si. The predicted molar refractivity (Wildman–Crippen MR) is 106 cm³/mol. The number of allylic oxidation sites excluding steroid dienone is 1. The first kappa shape index (κ1) is 19.2. The van der Waals surface area contributed by atoms with Crippen LogP contribution in [0.4, 0.5) is 0 Å². The van der Waals surface area contributed by atoms with E-state index in [0.29, 0.717) is 0 Å². The lowest BCUT2D eigenvalue weighted by molar-refractivity contribution is 0.623. The predicted octanol–water partition coefficient (Wildman–Crippen LogP) is 6.61. The van der Waals surface area contributed by atoms with Gasteiger partial charge in [-0.05, 0) is 37.5 Å². The Bertz CT molecular complexity index is 483. The van der Waals surface area contributed by atoms with Crippen LogP contribution in [-0.2, 0) is 0 Å². The molecule has 0 heterocycles. The van der Waals surface area contributed by atoms with E-state index in [1.54, 1.807) is 5.19 Å². The Morgan fingerprint density at radius 3 is 2.14 bits per heavy atom. The normalized spacial score (nSPS) is 12.3. The minimum atomic E-state index is -1.34. The number of aryl methyl sites for hydroxylation is 2. The van der Waals surface area contributed by atoms with Gasteiger partial charge in [-0.1, -0.05) is 94.1 Å². The molecule has 22 heavy (non-hydrogen) atoms. The molecule has 0 aliphatic heterocycles. The van der Waals surface area contributed by atoms with Crippen molar-refractivity contribution in [3.8, 4) is 0 Å². The van der Waals surface area contributed by atoms with Gasteiger partial charge in [-0.25, -0.2) is 0 Å². The molecule has 0 nitrogen and oxygen atoms in total. The van der Waals surface area contributed by atoms with Crippen molar-refractivity contribution in [3.63, 3.8) is 0 Å². The van der Waals surface area contributed by atoms with Gasteiger partial charge in [0.2, 0.25) is 0 Å². The van der Waals surface area contributed by atoms with Crippen LogP contribution in [-0.4, -0.2) is 8.07 Å². The first-order valence-electron chi connectivity index (χ1n) is 9.16. The van der Waals surface area contributed by atoms with Crippen molar-refractivity contribution in [1.82, 2.24) is 0 Å². The molecule has 0 aliphatic carbocycles. The van der Waals surface area contributed by atoms with E-state index in [1.807, 2.05) is 0 Å². The minimum Gasteiger partial charge on any atom is -0.0871 e.